The normalized spacial score (nSPS) is 10.6. The van der Waals surface area contributed by atoms with Gasteiger partial charge >= 0.3 is 0 Å². The molecular formula is C8H10N4O. The third-order valence-electron chi connectivity index (χ3n) is 1.82. The highest BCUT2D eigenvalue weighted by molar-refractivity contribution is 5.77. The number of pyridine rings is 1. The molecule has 5 heteroatoms. The molecular weight excluding hydrogens is 168 g/mol. The van der Waals surface area contributed by atoms with Crippen molar-refractivity contribution >= 4 is 11.2 Å². The number of imidazole rings is 1. The number of H-pyrrole nitrogens is 1. The van der Waals surface area contributed by atoms with Crippen LogP contribution < -0.4 is 10.5 Å². The van der Waals surface area contributed by atoms with E-state index >= 15 is 0 Å². The number of fused-ring (bicyclic) bond motifs is 1. The summed E-state index contributed by atoms with van der Waals surface area (Å²) >= 11 is 0. The van der Waals surface area contributed by atoms with Crippen molar-refractivity contribution in [1.82, 2.24) is 15.0 Å². The van der Waals surface area contributed by atoms with Gasteiger partial charge in [0.2, 0.25) is 0 Å². The summed E-state index contributed by atoms with van der Waals surface area (Å²) in [6.07, 6.45) is 1.66. The fourth-order valence-corrected chi connectivity index (χ4v) is 1.20. The summed E-state index contributed by atoms with van der Waals surface area (Å²) in [6.45, 7) is 0.375. The first kappa shape index (κ1) is 8.00. The number of rotatable bonds is 2. The van der Waals surface area contributed by atoms with Crippen LogP contribution in [0.3, 0.4) is 0 Å². The predicted molar refractivity (Wildman–Crippen MR) is 48.3 cm³/mol. The van der Waals surface area contributed by atoms with Crippen LogP contribution in [-0.4, -0.2) is 22.1 Å². The lowest BCUT2D eigenvalue weighted by Gasteiger charge is -1.97. The van der Waals surface area contributed by atoms with Gasteiger partial charge in [-0.05, 0) is 0 Å². The number of hydrogen-bond donors (Lipinski definition) is 2. The third kappa shape index (κ3) is 1.23. The highest BCUT2D eigenvalue weighted by Crippen LogP contribution is 2.20. The van der Waals surface area contributed by atoms with Gasteiger partial charge in [0.1, 0.15) is 17.1 Å². The lowest BCUT2D eigenvalue weighted by atomic mass is 10.4. The van der Waals surface area contributed by atoms with Crippen molar-refractivity contribution in [2.24, 2.45) is 5.73 Å². The van der Waals surface area contributed by atoms with Crippen molar-refractivity contribution in [3.05, 3.63) is 18.1 Å². The largest absolute Gasteiger partial charge is 0.494 e. The molecule has 2 rings (SSSR count). The summed E-state index contributed by atoms with van der Waals surface area (Å²) < 4.78 is 5.13. The molecule has 3 N–H and O–H groups in total. The van der Waals surface area contributed by atoms with Gasteiger partial charge in [-0.25, -0.2) is 9.97 Å². The molecule has 0 aliphatic rings. The van der Waals surface area contributed by atoms with Crippen LogP contribution in [0.15, 0.2) is 12.3 Å². The van der Waals surface area contributed by atoms with E-state index in [0.29, 0.717) is 18.0 Å². The van der Waals surface area contributed by atoms with Crippen molar-refractivity contribution in [3.8, 4) is 5.75 Å². The Morgan fingerprint density at radius 1 is 1.62 bits per heavy atom. The second-order valence-electron chi connectivity index (χ2n) is 2.60. The van der Waals surface area contributed by atoms with E-state index in [1.165, 1.54) is 0 Å². The van der Waals surface area contributed by atoms with Crippen LogP contribution in [0.5, 0.6) is 5.75 Å². The number of aromatic amines is 1. The quantitative estimate of drug-likeness (QED) is 0.698. The van der Waals surface area contributed by atoms with Gasteiger partial charge in [-0.3, -0.25) is 0 Å². The molecule has 0 aliphatic carbocycles. The molecule has 0 aliphatic heterocycles. The monoisotopic (exact) mass is 178 g/mol. The number of hydrogen-bond acceptors (Lipinski definition) is 4. The van der Waals surface area contributed by atoms with Crippen molar-refractivity contribution in [2.45, 2.75) is 6.54 Å². The summed E-state index contributed by atoms with van der Waals surface area (Å²) in [5.74, 6) is 1.45. The Labute approximate surface area is 74.9 Å². The van der Waals surface area contributed by atoms with E-state index in [9.17, 15) is 0 Å². The van der Waals surface area contributed by atoms with Crippen molar-refractivity contribution in [3.63, 3.8) is 0 Å². The number of ether oxygens (including phenoxy) is 1. The van der Waals surface area contributed by atoms with Crippen LogP contribution in [0.1, 0.15) is 5.82 Å². The smallest absolute Gasteiger partial charge is 0.181 e. The second kappa shape index (κ2) is 3.02. The lowest BCUT2D eigenvalue weighted by Crippen LogP contribution is -1.97. The maximum absolute atomic E-state index is 5.44. The molecule has 0 aromatic carbocycles. The highest BCUT2D eigenvalue weighted by atomic mass is 16.5. The molecule has 0 amide bonds. The van der Waals surface area contributed by atoms with E-state index in [-0.39, 0.29) is 0 Å². The maximum atomic E-state index is 5.44. The predicted octanol–water partition coefficient (Wildman–Crippen LogP) is 0.425. The average Bonchev–Trinajstić information content (AvgIpc) is 2.59. The zero-order valence-electron chi connectivity index (χ0n) is 7.24. The maximum Gasteiger partial charge on any atom is 0.181 e. The average molecular weight is 178 g/mol. The lowest BCUT2D eigenvalue weighted by molar-refractivity contribution is 0.418. The number of methoxy groups -OCH3 is 1. The van der Waals surface area contributed by atoms with Gasteiger partial charge in [-0.2, -0.15) is 0 Å². The zero-order valence-corrected chi connectivity index (χ0v) is 7.24. The topological polar surface area (TPSA) is 76.8 Å². The Morgan fingerprint density at radius 2 is 2.46 bits per heavy atom. The second-order valence-corrected chi connectivity index (χ2v) is 2.60. The Balaban J connectivity index is 2.67. The van der Waals surface area contributed by atoms with Crippen LogP contribution in [0, 0.1) is 0 Å². The first-order valence-corrected chi connectivity index (χ1v) is 3.93. The van der Waals surface area contributed by atoms with E-state index < -0.39 is 0 Å². The van der Waals surface area contributed by atoms with Gasteiger partial charge in [0.25, 0.3) is 0 Å². The standard InChI is InChI=1S/C8H10N4O/c1-13-5-2-3-10-8-7(5)11-6(4-9)12-8/h2-3H,4,9H2,1H3,(H,10,11,12). The van der Waals surface area contributed by atoms with E-state index in [1.807, 2.05) is 0 Å². The van der Waals surface area contributed by atoms with Crippen LogP contribution in [0.25, 0.3) is 11.2 Å². The molecule has 0 bridgehead atoms. The fraction of sp³-hybridized carbons (Fsp3) is 0.250. The SMILES string of the molecule is COc1ccnc2nc(CN)[nH]c12. The summed E-state index contributed by atoms with van der Waals surface area (Å²) in [4.78, 5) is 11.3. The summed E-state index contributed by atoms with van der Waals surface area (Å²) in [6, 6.07) is 1.78. The van der Waals surface area contributed by atoms with Crippen LogP contribution >= 0.6 is 0 Å². The fourth-order valence-electron chi connectivity index (χ4n) is 1.20. The molecule has 5 nitrogen and oxygen atoms in total. The molecule has 2 aromatic heterocycles. The van der Waals surface area contributed by atoms with Gasteiger partial charge in [-0.15, -0.1) is 0 Å². The molecule has 2 aromatic rings. The van der Waals surface area contributed by atoms with Crippen LogP contribution in [-0.2, 0) is 6.54 Å². The first-order chi connectivity index (χ1) is 6.35. The Kier molecular flexibility index (Phi) is 1.86. The third-order valence-corrected chi connectivity index (χ3v) is 1.82. The number of aromatic nitrogens is 3. The molecule has 68 valence electrons. The Morgan fingerprint density at radius 3 is 3.15 bits per heavy atom. The summed E-state index contributed by atoms with van der Waals surface area (Å²) in [7, 11) is 1.61. The van der Waals surface area contributed by atoms with Gasteiger partial charge in [0.05, 0.1) is 13.7 Å². The van der Waals surface area contributed by atoms with Gasteiger partial charge in [0.15, 0.2) is 5.65 Å². The number of nitrogens with two attached hydrogens (primary N) is 1. The Bertz CT molecular complexity index is 423. The number of nitrogens with zero attached hydrogens (tertiary/aromatic N) is 2. The first-order valence-electron chi connectivity index (χ1n) is 3.93. The van der Waals surface area contributed by atoms with Crippen molar-refractivity contribution < 1.29 is 4.74 Å². The van der Waals surface area contributed by atoms with Crippen molar-refractivity contribution in [1.29, 1.82) is 0 Å². The molecule has 0 unspecified atom stereocenters. The van der Waals surface area contributed by atoms with E-state index in [0.717, 1.165) is 11.3 Å². The molecule has 0 atom stereocenters. The molecule has 0 radical (unpaired) electrons. The van der Waals surface area contributed by atoms with Crippen LogP contribution in [0.4, 0.5) is 0 Å². The zero-order chi connectivity index (χ0) is 9.26. The summed E-state index contributed by atoms with van der Waals surface area (Å²) in [5.41, 5.74) is 6.88. The highest BCUT2D eigenvalue weighted by Gasteiger charge is 2.06. The number of nitrogens with one attached hydrogen (secondary N) is 1. The van der Waals surface area contributed by atoms with Crippen LogP contribution in [0.2, 0.25) is 0 Å². The van der Waals surface area contributed by atoms with E-state index in [2.05, 4.69) is 15.0 Å². The molecule has 0 saturated carbocycles. The Hall–Kier alpha value is -1.62. The minimum Gasteiger partial charge on any atom is -0.494 e. The van der Waals surface area contributed by atoms with E-state index in [1.54, 1.807) is 19.4 Å². The molecule has 13 heavy (non-hydrogen) atoms. The van der Waals surface area contributed by atoms with Gasteiger partial charge in [-0.1, -0.05) is 0 Å². The molecule has 0 spiro atoms. The molecule has 0 saturated heterocycles. The summed E-state index contributed by atoms with van der Waals surface area (Å²) in [5, 5.41) is 0. The molecule has 0 fully saturated rings. The van der Waals surface area contributed by atoms with Gasteiger partial charge in [0, 0.05) is 12.3 Å². The van der Waals surface area contributed by atoms with Gasteiger partial charge < -0.3 is 15.5 Å². The van der Waals surface area contributed by atoms with E-state index in [4.69, 9.17) is 10.5 Å². The minimum absolute atomic E-state index is 0.375. The van der Waals surface area contributed by atoms with Crippen molar-refractivity contribution in [2.75, 3.05) is 7.11 Å². The molecule has 2 heterocycles. The minimum atomic E-state index is 0.375.